The lowest BCUT2D eigenvalue weighted by atomic mass is 10.0. The van der Waals surface area contributed by atoms with Gasteiger partial charge >= 0.3 is 5.97 Å². The number of hydrogen-bond acceptors (Lipinski definition) is 5. The molecule has 0 spiro atoms. The number of carbonyl (C=O) groups is 1. The topological polar surface area (TPSA) is 53.0 Å². The minimum Gasteiger partial charge on any atom is -0.425 e. The number of β-amino-alcohol motifs (C(OH)–C–C–N with tert-alkyl or cyclic N) is 1. The highest BCUT2D eigenvalue weighted by atomic mass is 16.5. The van der Waals surface area contributed by atoms with Crippen LogP contribution in [-0.2, 0) is 4.79 Å². The van der Waals surface area contributed by atoms with Gasteiger partial charge in [0.05, 0.1) is 6.61 Å². The predicted octanol–water partition coefficient (Wildman–Crippen LogP) is 2.56. The Kier molecular flexibility index (Phi) is 6.61. The summed E-state index contributed by atoms with van der Waals surface area (Å²) in [5.74, 6) is 0.413. The maximum Gasteiger partial charge on any atom is 0.333 e. The van der Waals surface area contributed by atoms with E-state index in [4.69, 9.17) is 9.84 Å². The van der Waals surface area contributed by atoms with Crippen molar-refractivity contribution in [3.05, 3.63) is 65.2 Å². The fourth-order valence-corrected chi connectivity index (χ4v) is 3.63. The number of aryl methyl sites for hydroxylation is 2. The van der Waals surface area contributed by atoms with Crippen LogP contribution in [0.25, 0.3) is 0 Å². The molecular weight excluding hydrogens is 340 g/mol. The number of aliphatic hydroxyl groups is 1. The molecule has 0 saturated carbocycles. The first-order valence-electron chi connectivity index (χ1n) is 9.50. The molecule has 5 nitrogen and oxygen atoms in total. The van der Waals surface area contributed by atoms with E-state index in [-0.39, 0.29) is 12.6 Å². The van der Waals surface area contributed by atoms with Crippen molar-refractivity contribution in [1.82, 2.24) is 9.80 Å². The van der Waals surface area contributed by atoms with Gasteiger partial charge in [-0.15, -0.1) is 0 Å². The Morgan fingerprint density at radius 3 is 2.22 bits per heavy atom. The summed E-state index contributed by atoms with van der Waals surface area (Å²) in [7, 11) is 0. The first-order chi connectivity index (χ1) is 13.1. The van der Waals surface area contributed by atoms with E-state index in [1.165, 1.54) is 0 Å². The van der Waals surface area contributed by atoms with Gasteiger partial charge in [0, 0.05) is 32.7 Å². The third kappa shape index (κ3) is 4.75. The zero-order valence-corrected chi connectivity index (χ0v) is 16.1. The van der Waals surface area contributed by atoms with E-state index < -0.39 is 6.04 Å². The van der Waals surface area contributed by atoms with Crippen molar-refractivity contribution in [3.8, 4) is 5.75 Å². The lowest BCUT2D eigenvalue weighted by Gasteiger charge is -2.38. The van der Waals surface area contributed by atoms with Crippen molar-refractivity contribution in [2.24, 2.45) is 0 Å². The fraction of sp³-hybridized carbons (Fsp3) is 0.409. The molecule has 27 heavy (non-hydrogen) atoms. The quantitative estimate of drug-likeness (QED) is 0.627. The molecule has 1 saturated heterocycles. The number of hydrogen-bond donors (Lipinski definition) is 1. The number of piperazine rings is 1. The van der Waals surface area contributed by atoms with E-state index in [9.17, 15) is 4.79 Å². The van der Waals surface area contributed by atoms with Crippen molar-refractivity contribution in [2.45, 2.75) is 19.9 Å². The number of ether oxygens (including phenoxy) is 1. The van der Waals surface area contributed by atoms with Crippen LogP contribution in [0.5, 0.6) is 5.75 Å². The molecule has 144 valence electrons. The highest BCUT2D eigenvalue weighted by Crippen LogP contribution is 2.28. The Morgan fingerprint density at radius 1 is 1.00 bits per heavy atom. The Hall–Kier alpha value is -2.21. The van der Waals surface area contributed by atoms with Gasteiger partial charge < -0.3 is 9.84 Å². The molecular formula is C22H28N2O3. The van der Waals surface area contributed by atoms with Crippen LogP contribution >= 0.6 is 0 Å². The number of carbonyl (C=O) groups excluding carboxylic acids is 1. The third-order valence-corrected chi connectivity index (χ3v) is 5.14. The van der Waals surface area contributed by atoms with Crippen LogP contribution < -0.4 is 4.74 Å². The smallest absolute Gasteiger partial charge is 0.333 e. The molecule has 0 amide bonds. The average Bonchev–Trinajstić information content (AvgIpc) is 2.67. The normalized spacial score (nSPS) is 16.9. The number of nitrogens with zero attached hydrogens (tertiary/aromatic N) is 2. The average molecular weight is 368 g/mol. The summed E-state index contributed by atoms with van der Waals surface area (Å²) < 4.78 is 5.89. The lowest BCUT2D eigenvalue weighted by molar-refractivity contribution is -0.141. The van der Waals surface area contributed by atoms with Gasteiger partial charge in [-0.3, -0.25) is 9.80 Å². The summed E-state index contributed by atoms with van der Waals surface area (Å²) in [5, 5.41) is 9.15. The van der Waals surface area contributed by atoms with Crippen LogP contribution in [0.1, 0.15) is 22.7 Å². The van der Waals surface area contributed by atoms with E-state index in [0.29, 0.717) is 12.3 Å². The number of esters is 1. The SMILES string of the molecule is Cc1cccc(C)c1OC(=O)[C@@H](c1ccccc1)N1CCN(CCO)CC1. The third-order valence-electron chi connectivity index (χ3n) is 5.14. The number of aliphatic hydroxyl groups excluding tert-OH is 1. The van der Waals surface area contributed by atoms with E-state index >= 15 is 0 Å². The summed E-state index contributed by atoms with van der Waals surface area (Å²) in [6.45, 7) is 7.96. The highest BCUT2D eigenvalue weighted by molar-refractivity contribution is 5.80. The van der Waals surface area contributed by atoms with Gasteiger partial charge in [-0.25, -0.2) is 4.79 Å². The molecule has 1 aliphatic rings. The molecule has 2 aromatic carbocycles. The molecule has 0 aromatic heterocycles. The Labute approximate surface area is 161 Å². The Balaban J connectivity index is 1.81. The van der Waals surface area contributed by atoms with Crippen LogP contribution in [0, 0.1) is 13.8 Å². The van der Waals surface area contributed by atoms with Gasteiger partial charge in [-0.1, -0.05) is 48.5 Å². The monoisotopic (exact) mass is 368 g/mol. The first-order valence-corrected chi connectivity index (χ1v) is 9.50. The van der Waals surface area contributed by atoms with E-state index in [1.54, 1.807) is 0 Å². The zero-order chi connectivity index (χ0) is 19.2. The lowest BCUT2D eigenvalue weighted by Crippen LogP contribution is -2.50. The second kappa shape index (κ2) is 9.13. The summed E-state index contributed by atoms with van der Waals surface area (Å²) in [6.07, 6.45) is 0. The van der Waals surface area contributed by atoms with Crippen molar-refractivity contribution in [1.29, 1.82) is 0 Å². The second-order valence-electron chi connectivity index (χ2n) is 7.06. The van der Waals surface area contributed by atoms with Crippen molar-refractivity contribution >= 4 is 5.97 Å². The molecule has 1 fully saturated rings. The van der Waals surface area contributed by atoms with Crippen LogP contribution in [-0.4, -0.2) is 60.2 Å². The van der Waals surface area contributed by atoms with Gasteiger partial charge in [0.15, 0.2) is 0 Å². The first kappa shape index (κ1) is 19.5. The molecule has 0 aliphatic carbocycles. The van der Waals surface area contributed by atoms with Gasteiger partial charge in [-0.2, -0.15) is 0 Å². The molecule has 5 heteroatoms. The molecule has 3 rings (SSSR count). The summed E-state index contributed by atoms with van der Waals surface area (Å²) in [5.41, 5.74) is 2.87. The predicted molar refractivity (Wildman–Crippen MR) is 106 cm³/mol. The number of benzene rings is 2. The van der Waals surface area contributed by atoms with E-state index in [2.05, 4.69) is 9.80 Å². The van der Waals surface area contributed by atoms with Gasteiger partial charge in [-0.05, 0) is 30.5 Å². The van der Waals surface area contributed by atoms with Gasteiger partial charge in [0.2, 0.25) is 0 Å². The van der Waals surface area contributed by atoms with E-state index in [0.717, 1.165) is 42.9 Å². The molecule has 1 aliphatic heterocycles. The minimum atomic E-state index is -0.429. The molecule has 0 radical (unpaired) electrons. The highest BCUT2D eigenvalue weighted by Gasteiger charge is 2.32. The van der Waals surface area contributed by atoms with Crippen LogP contribution in [0.4, 0.5) is 0 Å². The summed E-state index contributed by atoms with van der Waals surface area (Å²) in [4.78, 5) is 17.6. The second-order valence-corrected chi connectivity index (χ2v) is 7.06. The van der Waals surface area contributed by atoms with E-state index in [1.807, 2.05) is 62.4 Å². The maximum atomic E-state index is 13.2. The molecule has 0 unspecified atom stereocenters. The molecule has 1 N–H and O–H groups in total. The Bertz CT molecular complexity index is 735. The van der Waals surface area contributed by atoms with Crippen molar-refractivity contribution < 1.29 is 14.6 Å². The van der Waals surface area contributed by atoms with Crippen LogP contribution in [0.3, 0.4) is 0 Å². The molecule has 1 heterocycles. The van der Waals surface area contributed by atoms with Gasteiger partial charge in [0.1, 0.15) is 11.8 Å². The zero-order valence-electron chi connectivity index (χ0n) is 16.1. The van der Waals surface area contributed by atoms with Crippen LogP contribution in [0.15, 0.2) is 48.5 Å². The molecule has 0 bridgehead atoms. The summed E-state index contributed by atoms with van der Waals surface area (Å²) >= 11 is 0. The van der Waals surface area contributed by atoms with Crippen molar-refractivity contribution in [3.63, 3.8) is 0 Å². The van der Waals surface area contributed by atoms with Crippen LogP contribution in [0.2, 0.25) is 0 Å². The Morgan fingerprint density at radius 2 is 1.63 bits per heavy atom. The maximum absolute atomic E-state index is 13.2. The standard InChI is InChI=1S/C22H28N2O3/c1-17-7-6-8-18(2)21(17)27-22(26)20(19-9-4-3-5-10-19)24-13-11-23(12-14-24)15-16-25/h3-10,20,25H,11-16H2,1-2H3/t20-/m1/s1. The fourth-order valence-electron chi connectivity index (χ4n) is 3.63. The summed E-state index contributed by atoms with van der Waals surface area (Å²) in [6, 6.07) is 15.3. The molecule has 2 aromatic rings. The number of rotatable bonds is 6. The molecule has 1 atom stereocenters. The van der Waals surface area contributed by atoms with Gasteiger partial charge in [0.25, 0.3) is 0 Å². The minimum absolute atomic E-state index is 0.163. The number of para-hydroxylation sites is 1. The largest absolute Gasteiger partial charge is 0.425 e. The van der Waals surface area contributed by atoms with Crippen molar-refractivity contribution in [2.75, 3.05) is 39.3 Å².